The first-order valence-corrected chi connectivity index (χ1v) is 12.2. The number of aliphatic hydroxyl groups is 1. The van der Waals surface area contributed by atoms with Gasteiger partial charge in [0.2, 0.25) is 0 Å². The van der Waals surface area contributed by atoms with Crippen molar-refractivity contribution in [3.8, 4) is 0 Å². The molecule has 188 valence electrons. The fourth-order valence-electron chi connectivity index (χ4n) is 3.50. The largest absolute Gasteiger partial charge is 0.481 e. The van der Waals surface area contributed by atoms with E-state index in [2.05, 4.69) is 6.92 Å². The molecule has 0 radical (unpaired) electrons. The van der Waals surface area contributed by atoms with E-state index in [4.69, 9.17) is 9.84 Å². The quantitative estimate of drug-likeness (QED) is 0.357. The topological polar surface area (TPSA) is 104 Å². The predicted molar refractivity (Wildman–Crippen MR) is 127 cm³/mol. The fraction of sp³-hybridized carbons (Fsp3) is 0.880. The maximum Gasteiger partial charge on any atom is 0.410 e. The van der Waals surface area contributed by atoms with Crippen molar-refractivity contribution < 1.29 is 29.3 Å². The van der Waals surface area contributed by atoms with Crippen molar-refractivity contribution in [3.63, 3.8) is 0 Å². The van der Waals surface area contributed by atoms with Crippen LogP contribution in [-0.4, -0.2) is 58.3 Å². The molecule has 0 aromatic rings. The number of carboxylic acids is 1. The summed E-state index contributed by atoms with van der Waals surface area (Å²) in [6.45, 7) is 9.17. The molecule has 1 amide bonds. The highest BCUT2D eigenvalue weighted by atomic mass is 16.6. The molecule has 1 aliphatic carbocycles. The molecule has 1 fully saturated rings. The Balaban J connectivity index is 0.000000601. The number of carboxylic acid groups (broad SMARTS) is 1. The molecule has 0 aliphatic heterocycles. The first-order valence-electron chi connectivity index (χ1n) is 12.2. The molecule has 0 bridgehead atoms. The minimum absolute atomic E-state index is 0.0417. The molecule has 7 nitrogen and oxygen atoms in total. The second-order valence-corrected chi connectivity index (χ2v) is 10.0. The Morgan fingerprint density at radius 1 is 1.03 bits per heavy atom. The Hall–Kier alpha value is -1.63. The summed E-state index contributed by atoms with van der Waals surface area (Å²) in [5, 5.41) is 18.4. The van der Waals surface area contributed by atoms with Gasteiger partial charge in [0.25, 0.3) is 0 Å². The van der Waals surface area contributed by atoms with Crippen molar-refractivity contribution >= 4 is 17.8 Å². The summed E-state index contributed by atoms with van der Waals surface area (Å²) in [6.07, 6.45) is 10.7. The van der Waals surface area contributed by atoms with Gasteiger partial charge >= 0.3 is 12.1 Å². The molecule has 2 unspecified atom stereocenters. The number of carbonyl (C=O) groups excluding carboxylic acids is 2. The number of aliphatic carboxylic acids is 1. The minimum Gasteiger partial charge on any atom is -0.481 e. The molecule has 0 heterocycles. The molecule has 0 spiro atoms. The van der Waals surface area contributed by atoms with E-state index in [1.807, 2.05) is 0 Å². The van der Waals surface area contributed by atoms with Gasteiger partial charge in [-0.2, -0.15) is 0 Å². The molecular weight excluding hydrogens is 410 g/mol. The van der Waals surface area contributed by atoms with Crippen molar-refractivity contribution in [1.29, 1.82) is 0 Å². The molecule has 0 aromatic heterocycles. The van der Waals surface area contributed by atoms with Gasteiger partial charge in [-0.05, 0) is 59.3 Å². The van der Waals surface area contributed by atoms with E-state index >= 15 is 0 Å². The maximum absolute atomic E-state index is 11.5. The fourth-order valence-corrected chi connectivity index (χ4v) is 3.50. The molecule has 1 aliphatic rings. The van der Waals surface area contributed by atoms with Crippen LogP contribution in [0.1, 0.15) is 105 Å². The van der Waals surface area contributed by atoms with Crippen LogP contribution in [0, 0.1) is 11.8 Å². The minimum atomic E-state index is -1.01. The normalized spacial score (nSPS) is 15.6. The summed E-state index contributed by atoms with van der Waals surface area (Å²) in [6, 6.07) is 0. The van der Waals surface area contributed by atoms with Crippen LogP contribution in [0.5, 0.6) is 0 Å². The van der Waals surface area contributed by atoms with Gasteiger partial charge in [0, 0.05) is 13.6 Å². The van der Waals surface area contributed by atoms with Crippen LogP contribution in [-0.2, 0) is 14.3 Å². The van der Waals surface area contributed by atoms with Crippen molar-refractivity contribution in [2.24, 2.45) is 11.8 Å². The van der Waals surface area contributed by atoms with Gasteiger partial charge in [0.1, 0.15) is 11.7 Å². The third-order valence-corrected chi connectivity index (χ3v) is 5.82. The first kappa shape index (κ1) is 30.4. The number of nitrogens with zero attached hydrogens (tertiary/aromatic N) is 1. The second-order valence-electron chi connectivity index (χ2n) is 10.0. The van der Waals surface area contributed by atoms with Crippen LogP contribution in [0.3, 0.4) is 0 Å². The number of rotatable bonds is 13. The average Bonchev–Trinajstić information content (AvgIpc) is 2.64. The van der Waals surface area contributed by atoms with Crippen LogP contribution >= 0.6 is 0 Å². The van der Waals surface area contributed by atoms with Crippen LogP contribution in [0.4, 0.5) is 4.79 Å². The summed E-state index contributed by atoms with van der Waals surface area (Å²) < 4.78 is 5.11. The summed E-state index contributed by atoms with van der Waals surface area (Å²) in [4.78, 5) is 34.7. The van der Waals surface area contributed by atoms with E-state index < -0.39 is 23.8 Å². The Morgan fingerprint density at radius 2 is 1.59 bits per heavy atom. The molecular formula is C25H47NO6. The van der Waals surface area contributed by atoms with Crippen LogP contribution in [0.2, 0.25) is 0 Å². The van der Waals surface area contributed by atoms with Crippen molar-refractivity contribution in [2.75, 3.05) is 13.6 Å². The van der Waals surface area contributed by atoms with E-state index in [0.717, 1.165) is 25.7 Å². The lowest BCUT2D eigenvalue weighted by molar-refractivity contribution is -0.145. The highest BCUT2D eigenvalue weighted by molar-refractivity contribution is 5.80. The monoisotopic (exact) mass is 457 g/mol. The molecule has 2 atom stereocenters. The molecule has 7 heteroatoms. The number of ketones is 1. The average molecular weight is 458 g/mol. The summed E-state index contributed by atoms with van der Waals surface area (Å²) >= 11 is 0. The van der Waals surface area contributed by atoms with Crippen LogP contribution < -0.4 is 0 Å². The number of hydrogen-bond acceptors (Lipinski definition) is 5. The van der Waals surface area contributed by atoms with Gasteiger partial charge in [0.15, 0.2) is 5.78 Å². The Morgan fingerprint density at radius 3 is 2.03 bits per heavy atom. The number of Topliss-reactive ketones (excluding diaryl/α,β-unsaturated/α-hetero) is 1. The van der Waals surface area contributed by atoms with E-state index in [9.17, 15) is 19.5 Å². The Kier molecular flexibility index (Phi) is 15.2. The molecule has 32 heavy (non-hydrogen) atoms. The summed E-state index contributed by atoms with van der Waals surface area (Å²) in [5.41, 5.74) is -0.537. The SMILES string of the molecule is CC(=O)C(O)CCN(C)C(=O)OC(C)(C)C.CCCCCCCCC(C(=O)O)C1CCC1. The van der Waals surface area contributed by atoms with Gasteiger partial charge in [-0.1, -0.05) is 51.9 Å². The van der Waals surface area contributed by atoms with Crippen LogP contribution in [0.25, 0.3) is 0 Å². The highest BCUT2D eigenvalue weighted by Gasteiger charge is 2.31. The van der Waals surface area contributed by atoms with Gasteiger partial charge < -0.3 is 19.8 Å². The molecule has 2 N–H and O–H groups in total. The smallest absolute Gasteiger partial charge is 0.410 e. The van der Waals surface area contributed by atoms with E-state index in [1.54, 1.807) is 27.8 Å². The van der Waals surface area contributed by atoms with Gasteiger partial charge in [-0.3, -0.25) is 9.59 Å². The number of unbranched alkanes of at least 4 members (excludes halogenated alkanes) is 5. The third-order valence-electron chi connectivity index (χ3n) is 5.82. The molecule has 1 saturated carbocycles. The summed E-state index contributed by atoms with van der Waals surface area (Å²) in [7, 11) is 1.57. The lowest BCUT2D eigenvalue weighted by Gasteiger charge is -2.31. The zero-order valence-corrected chi connectivity index (χ0v) is 21.2. The molecule has 1 rings (SSSR count). The van der Waals surface area contributed by atoms with Crippen LogP contribution in [0.15, 0.2) is 0 Å². The number of hydrogen-bond donors (Lipinski definition) is 2. The zero-order chi connectivity index (χ0) is 24.7. The molecule has 0 aromatic carbocycles. The standard InChI is InChI=1S/C14H26O2.C11H21NO4/c1-2-3-4-5-6-7-11-13(14(15)16)12-9-8-10-12;1-8(13)9(14)6-7-12(5)10(15)16-11(2,3)4/h12-13H,2-11H2,1H3,(H,15,16);9,14H,6-7H2,1-5H3. The third kappa shape index (κ3) is 14.4. The van der Waals surface area contributed by atoms with Gasteiger partial charge in [-0.15, -0.1) is 0 Å². The molecule has 0 saturated heterocycles. The Labute approximate surface area is 194 Å². The lowest BCUT2D eigenvalue weighted by Crippen LogP contribution is -2.36. The van der Waals surface area contributed by atoms with E-state index in [-0.39, 0.29) is 24.7 Å². The number of amides is 1. The second kappa shape index (κ2) is 16.1. The van der Waals surface area contributed by atoms with Crippen molar-refractivity contribution in [3.05, 3.63) is 0 Å². The highest BCUT2D eigenvalue weighted by Crippen LogP contribution is 2.36. The number of aliphatic hydroxyl groups excluding tert-OH is 1. The van der Waals surface area contributed by atoms with E-state index in [0.29, 0.717) is 5.92 Å². The Bertz CT molecular complexity index is 553. The lowest BCUT2D eigenvalue weighted by atomic mass is 9.74. The first-order chi connectivity index (χ1) is 14.9. The number of ether oxygens (including phenoxy) is 1. The predicted octanol–water partition coefficient (Wildman–Crippen LogP) is 5.43. The van der Waals surface area contributed by atoms with Crippen molar-refractivity contribution in [1.82, 2.24) is 4.90 Å². The van der Waals surface area contributed by atoms with Crippen molar-refractivity contribution in [2.45, 2.75) is 117 Å². The maximum atomic E-state index is 11.5. The summed E-state index contributed by atoms with van der Waals surface area (Å²) in [5.74, 6) is -0.399. The van der Waals surface area contributed by atoms with Gasteiger partial charge in [0.05, 0.1) is 5.92 Å². The van der Waals surface area contributed by atoms with E-state index in [1.165, 1.54) is 50.3 Å². The zero-order valence-electron chi connectivity index (χ0n) is 21.2. The number of carbonyl (C=O) groups is 3. The van der Waals surface area contributed by atoms with Gasteiger partial charge in [-0.25, -0.2) is 4.79 Å².